The smallest absolute Gasteiger partial charge is 0.349 e. The fourth-order valence-electron chi connectivity index (χ4n) is 4.51. The number of rotatable bonds is 10. The number of thiophene rings is 2. The normalized spacial score (nSPS) is 17.9. The number of nitrogens with one attached hydrogen (secondary N) is 1. The zero-order valence-corrected chi connectivity index (χ0v) is 22.0. The molecule has 0 atom stereocenters. The Bertz CT molecular complexity index is 1170. The number of hydrogen-bond acceptors (Lipinski definition) is 8. The number of esters is 1. The van der Waals surface area contributed by atoms with Crippen LogP contribution in [0.25, 0.3) is 0 Å². The third-order valence-electron chi connectivity index (χ3n) is 6.69. The van der Waals surface area contributed by atoms with E-state index in [-0.39, 0.29) is 35.7 Å². The maximum absolute atomic E-state index is 14.0. The second-order valence-corrected chi connectivity index (χ2v) is 11.0. The fourth-order valence-corrected chi connectivity index (χ4v) is 6.23. The minimum absolute atomic E-state index is 0.0469. The summed E-state index contributed by atoms with van der Waals surface area (Å²) in [7, 11) is 1.94. The number of halogens is 1. The van der Waals surface area contributed by atoms with Gasteiger partial charge in [0.05, 0.1) is 15.4 Å². The summed E-state index contributed by atoms with van der Waals surface area (Å²) in [4.78, 5) is 39.4. The highest BCUT2D eigenvalue weighted by atomic mass is 32.1. The molecule has 37 heavy (non-hydrogen) atoms. The minimum Gasteiger partial charge on any atom is -0.460 e. The lowest BCUT2D eigenvalue weighted by Gasteiger charge is -2.35. The van der Waals surface area contributed by atoms with Gasteiger partial charge in [0.25, 0.3) is 0 Å². The lowest BCUT2D eigenvalue weighted by atomic mass is 9.91. The van der Waals surface area contributed by atoms with Crippen molar-refractivity contribution in [1.29, 1.82) is 0 Å². The molecule has 3 aromatic rings. The van der Waals surface area contributed by atoms with Crippen molar-refractivity contribution in [2.75, 3.05) is 18.9 Å². The lowest BCUT2D eigenvalue weighted by Crippen LogP contribution is -2.42. The molecule has 1 saturated carbocycles. The van der Waals surface area contributed by atoms with Gasteiger partial charge in [-0.15, -0.1) is 22.7 Å². The van der Waals surface area contributed by atoms with Crippen molar-refractivity contribution >= 4 is 46.5 Å². The van der Waals surface area contributed by atoms with Crippen molar-refractivity contribution in [2.24, 2.45) is 0 Å². The minimum atomic E-state index is -1.81. The Balaban J connectivity index is 1.25. The summed E-state index contributed by atoms with van der Waals surface area (Å²) in [6.45, 7) is 0.492. The molecule has 0 saturated heterocycles. The monoisotopic (exact) mass is 544 g/mol. The Labute approximate surface area is 222 Å². The van der Waals surface area contributed by atoms with E-state index in [0.717, 1.165) is 18.9 Å². The van der Waals surface area contributed by atoms with E-state index in [4.69, 9.17) is 4.74 Å². The van der Waals surface area contributed by atoms with Gasteiger partial charge in [0.1, 0.15) is 18.2 Å². The molecular formula is C27H29FN2O5S2. The Hall–Kier alpha value is -2.92. The number of nitrogens with zero attached hydrogens (tertiary/aromatic N) is 1. The third-order valence-corrected chi connectivity index (χ3v) is 8.64. The van der Waals surface area contributed by atoms with E-state index < -0.39 is 17.4 Å². The fraction of sp³-hybridized carbons (Fsp3) is 0.370. The zero-order valence-electron chi connectivity index (χ0n) is 20.4. The second-order valence-electron chi connectivity index (χ2n) is 9.14. The SMILES string of the molecule is CN(CCC(=O)Nc1ccc(C=O)cc1F)[C@H]1CC[C@H](OC(=O)C(O)(c2cccs2)c2cccs2)CC1. The van der Waals surface area contributed by atoms with Crippen molar-refractivity contribution in [3.8, 4) is 0 Å². The third kappa shape index (κ3) is 6.32. The van der Waals surface area contributed by atoms with Crippen molar-refractivity contribution < 1.29 is 28.6 Å². The zero-order chi connectivity index (χ0) is 26.4. The summed E-state index contributed by atoms with van der Waals surface area (Å²) in [5.74, 6) is -1.61. The second kappa shape index (κ2) is 12.1. The highest BCUT2D eigenvalue weighted by molar-refractivity contribution is 7.12. The van der Waals surface area contributed by atoms with Crippen molar-refractivity contribution in [3.05, 3.63) is 74.4 Å². The number of carbonyl (C=O) groups is 3. The molecule has 0 aliphatic heterocycles. The quantitative estimate of drug-likeness (QED) is 0.281. The Kier molecular flexibility index (Phi) is 8.86. The van der Waals surface area contributed by atoms with Gasteiger partial charge in [-0.1, -0.05) is 12.1 Å². The molecule has 2 N–H and O–H groups in total. The summed E-state index contributed by atoms with van der Waals surface area (Å²) < 4.78 is 19.8. The van der Waals surface area contributed by atoms with Crippen LogP contribution in [0, 0.1) is 5.82 Å². The molecule has 10 heteroatoms. The van der Waals surface area contributed by atoms with E-state index >= 15 is 0 Å². The maximum atomic E-state index is 14.0. The maximum Gasteiger partial charge on any atom is 0.349 e. The predicted octanol–water partition coefficient (Wildman–Crippen LogP) is 4.81. The first kappa shape index (κ1) is 27.1. The van der Waals surface area contributed by atoms with Gasteiger partial charge in [0.15, 0.2) is 0 Å². The topological polar surface area (TPSA) is 95.9 Å². The Morgan fingerprint density at radius 3 is 2.32 bits per heavy atom. The van der Waals surface area contributed by atoms with Gasteiger partial charge in [-0.25, -0.2) is 9.18 Å². The van der Waals surface area contributed by atoms with E-state index in [9.17, 15) is 23.9 Å². The lowest BCUT2D eigenvalue weighted by molar-refractivity contribution is -0.169. The van der Waals surface area contributed by atoms with Crippen LogP contribution in [0.5, 0.6) is 0 Å². The number of anilines is 1. The van der Waals surface area contributed by atoms with Crippen LogP contribution in [0.15, 0.2) is 53.2 Å². The highest BCUT2D eigenvalue weighted by Gasteiger charge is 2.45. The predicted molar refractivity (Wildman–Crippen MR) is 141 cm³/mol. The molecule has 4 rings (SSSR count). The number of benzene rings is 1. The standard InChI is InChI=1S/C27H29FN2O5S2/c1-30(13-12-25(32)29-22-11-6-18(17-31)16-21(22)28)19-7-9-20(10-8-19)35-26(33)27(34,23-4-2-14-36-23)24-5-3-15-37-24/h2-6,11,14-17,19-20,34H,7-10,12-13H2,1H3,(H,29,32)/t19-,20-. The molecule has 0 unspecified atom stereocenters. The molecule has 0 spiro atoms. The van der Waals surface area contributed by atoms with Crippen LogP contribution in [0.4, 0.5) is 10.1 Å². The molecule has 1 aliphatic carbocycles. The van der Waals surface area contributed by atoms with E-state index in [0.29, 0.717) is 35.4 Å². The molecule has 196 valence electrons. The Morgan fingerprint density at radius 1 is 1.14 bits per heavy atom. The van der Waals surface area contributed by atoms with Crippen LogP contribution in [0.3, 0.4) is 0 Å². The summed E-state index contributed by atoms with van der Waals surface area (Å²) in [6, 6.07) is 11.2. The number of aliphatic hydroxyl groups is 1. The summed E-state index contributed by atoms with van der Waals surface area (Å²) >= 11 is 2.63. The average Bonchev–Trinajstić information content (AvgIpc) is 3.64. The van der Waals surface area contributed by atoms with E-state index in [1.54, 1.807) is 24.3 Å². The van der Waals surface area contributed by atoms with E-state index in [2.05, 4.69) is 10.2 Å². The largest absolute Gasteiger partial charge is 0.460 e. The molecule has 1 aromatic carbocycles. The molecule has 0 bridgehead atoms. The molecule has 1 amide bonds. The first-order chi connectivity index (χ1) is 17.8. The molecule has 2 aromatic heterocycles. The van der Waals surface area contributed by atoms with Crippen molar-refractivity contribution in [3.63, 3.8) is 0 Å². The Morgan fingerprint density at radius 2 is 1.78 bits per heavy atom. The van der Waals surface area contributed by atoms with Crippen LogP contribution in [-0.2, 0) is 19.9 Å². The molecule has 0 radical (unpaired) electrons. The number of carbonyl (C=O) groups excluding carboxylic acids is 3. The van der Waals surface area contributed by atoms with Crippen LogP contribution in [0.2, 0.25) is 0 Å². The molecule has 7 nitrogen and oxygen atoms in total. The average molecular weight is 545 g/mol. The van der Waals surface area contributed by atoms with Gasteiger partial charge in [0, 0.05) is 24.6 Å². The first-order valence-corrected chi connectivity index (χ1v) is 13.8. The van der Waals surface area contributed by atoms with Gasteiger partial charge < -0.3 is 20.1 Å². The van der Waals surface area contributed by atoms with E-state index in [1.807, 2.05) is 17.8 Å². The molecule has 1 aliphatic rings. The highest BCUT2D eigenvalue weighted by Crippen LogP contribution is 2.38. The van der Waals surface area contributed by atoms with Gasteiger partial charge in [0.2, 0.25) is 11.5 Å². The summed E-state index contributed by atoms with van der Waals surface area (Å²) in [5.41, 5.74) is -1.55. The first-order valence-electron chi connectivity index (χ1n) is 12.1. The van der Waals surface area contributed by atoms with Crippen LogP contribution < -0.4 is 5.32 Å². The van der Waals surface area contributed by atoms with Gasteiger partial charge in [-0.2, -0.15) is 0 Å². The van der Waals surface area contributed by atoms with Crippen LogP contribution >= 0.6 is 22.7 Å². The van der Waals surface area contributed by atoms with Crippen molar-refractivity contribution in [2.45, 2.75) is 49.9 Å². The van der Waals surface area contributed by atoms with Gasteiger partial charge in [-0.3, -0.25) is 9.59 Å². The van der Waals surface area contributed by atoms with Gasteiger partial charge in [-0.05, 0) is 73.8 Å². The van der Waals surface area contributed by atoms with Crippen LogP contribution in [0.1, 0.15) is 52.2 Å². The molecular weight excluding hydrogens is 515 g/mol. The summed E-state index contributed by atoms with van der Waals surface area (Å²) in [5, 5.41) is 17.6. The molecule has 2 heterocycles. The number of hydrogen-bond donors (Lipinski definition) is 2. The number of ether oxygens (including phenoxy) is 1. The number of amides is 1. The van der Waals surface area contributed by atoms with Crippen molar-refractivity contribution in [1.82, 2.24) is 4.90 Å². The van der Waals surface area contributed by atoms with Gasteiger partial charge >= 0.3 is 5.97 Å². The summed E-state index contributed by atoms with van der Waals surface area (Å²) in [6.07, 6.45) is 3.34. The molecule has 1 fully saturated rings. The number of aldehydes is 1. The van der Waals surface area contributed by atoms with Crippen LogP contribution in [-0.4, -0.2) is 53.9 Å². The van der Waals surface area contributed by atoms with E-state index in [1.165, 1.54) is 34.8 Å².